The van der Waals surface area contributed by atoms with Crippen molar-refractivity contribution in [3.8, 4) is 0 Å². The van der Waals surface area contributed by atoms with Gasteiger partial charge in [-0.15, -0.1) is 0 Å². The first-order chi connectivity index (χ1) is 14.3. The molecular formula is C20H27ClN6O3. The van der Waals surface area contributed by atoms with Gasteiger partial charge < -0.3 is 31.2 Å². The van der Waals surface area contributed by atoms with Crippen molar-refractivity contribution in [1.29, 1.82) is 0 Å². The number of halogens is 1. The number of rotatable bonds is 6. The molecule has 0 bridgehead atoms. The maximum absolute atomic E-state index is 12.6. The molecule has 1 aliphatic heterocycles. The van der Waals surface area contributed by atoms with Gasteiger partial charge in [-0.2, -0.15) is 0 Å². The van der Waals surface area contributed by atoms with Crippen molar-refractivity contribution in [2.24, 2.45) is 5.73 Å². The number of likely N-dealkylation sites (N-methyl/N-ethyl adjacent to an activating group) is 1. The fraction of sp³-hybridized carbons (Fsp3) is 0.450. The number of aromatic nitrogens is 1. The summed E-state index contributed by atoms with van der Waals surface area (Å²) in [6.45, 7) is 1.70. The molecule has 162 valence electrons. The number of primary amides is 1. The number of carbonyl (C=O) groups excluding carboxylic acids is 3. The van der Waals surface area contributed by atoms with Crippen molar-refractivity contribution in [2.45, 2.75) is 31.8 Å². The molecule has 2 aromatic rings. The van der Waals surface area contributed by atoms with Crippen LogP contribution < -0.4 is 16.4 Å². The fourth-order valence-corrected chi connectivity index (χ4v) is 3.85. The molecule has 2 heterocycles. The minimum absolute atomic E-state index is 0.0565. The zero-order valence-electron chi connectivity index (χ0n) is 16.9. The summed E-state index contributed by atoms with van der Waals surface area (Å²) in [7, 11) is 1.74. The Balaban J connectivity index is 1.50. The Morgan fingerprint density at radius 1 is 1.30 bits per heavy atom. The molecule has 5 N–H and O–H groups in total. The van der Waals surface area contributed by atoms with Gasteiger partial charge in [-0.1, -0.05) is 11.6 Å². The second kappa shape index (κ2) is 9.71. The molecule has 30 heavy (non-hydrogen) atoms. The number of hydrogen-bond acceptors (Lipinski definition) is 3. The number of aromatic amines is 1. The summed E-state index contributed by atoms with van der Waals surface area (Å²) in [6, 6.07) is 6.65. The van der Waals surface area contributed by atoms with Gasteiger partial charge in [-0.3, -0.25) is 4.79 Å². The number of urea groups is 2. The smallest absolute Gasteiger partial charge is 0.317 e. The highest BCUT2D eigenvalue weighted by atomic mass is 35.5. The quantitative estimate of drug-likeness (QED) is 0.555. The average Bonchev–Trinajstić information content (AvgIpc) is 3.13. The zero-order chi connectivity index (χ0) is 21.7. The van der Waals surface area contributed by atoms with Gasteiger partial charge >= 0.3 is 12.1 Å². The number of benzene rings is 1. The summed E-state index contributed by atoms with van der Waals surface area (Å²) in [5.74, 6) is -0.0565. The lowest BCUT2D eigenvalue weighted by Gasteiger charge is -2.37. The third kappa shape index (κ3) is 5.56. The van der Waals surface area contributed by atoms with Gasteiger partial charge in [0.05, 0.1) is 12.6 Å². The van der Waals surface area contributed by atoms with Crippen LogP contribution in [0.25, 0.3) is 10.9 Å². The molecule has 1 fully saturated rings. The summed E-state index contributed by atoms with van der Waals surface area (Å²) in [5, 5.41) is 7.00. The van der Waals surface area contributed by atoms with E-state index >= 15 is 0 Å². The highest BCUT2D eigenvalue weighted by Crippen LogP contribution is 2.20. The Labute approximate surface area is 179 Å². The monoisotopic (exact) mass is 434 g/mol. The number of carbonyl (C=O) groups is 3. The molecule has 1 aromatic carbocycles. The number of nitrogens with two attached hydrogens (primary N) is 1. The van der Waals surface area contributed by atoms with Crippen LogP contribution in [0, 0.1) is 0 Å². The molecule has 0 aliphatic carbocycles. The molecule has 5 amide bonds. The highest BCUT2D eigenvalue weighted by molar-refractivity contribution is 6.31. The standard InChI is InChI=1S/C20H27ClN6O3/c1-26(16-3-2-8-27(12-16)18(28)6-7-23-19(22)29)20(30)24-11-15-10-13-9-14(21)4-5-17(13)25-15/h4-5,9-10,16,25H,2-3,6-8,11-12H2,1H3,(H,24,30)(H3,22,23,29). The number of nitrogens with zero attached hydrogens (tertiary/aromatic N) is 2. The van der Waals surface area contributed by atoms with E-state index in [2.05, 4.69) is 15.6 Å². The lowest BCUT2D eigenvalue weighted by atomic mass is 10.0. The number of nitrogens with one attached hydrogen (secondary N) is 3. The first-order valence-electron chi connectivity index (χ1n) is 9.92. The van der Waals surface area contributed by atoms with Gasteiger partial charge in [0.25, 0.3) is 0 Å². The third-order valence-electron chi connectivity index (χ3n) is 5.32. The Kier molecular flexibility index (Phi) is 7.04. The molecule has 10 heteroatoms. The highest BCUT2D eigenvalue weighted by Gasteiger charge is 2.28. The van der Waals surface area contributed by atoms with E-state index in [1.54, 1.807) is 16.8 Å². The van der Waals surface area contributed by atoms with Crippen LogP contribution in [0.5, 0.6) is 0 Å². The van der Waals surface area contributed by atoms with Crippen molar-refractivity contribution in [1.82, 2.24) is 25.4 Å². The second-order valence-corrected chi connectivity index (χ2v) is 7.91. The van der Waals surface area contributed by atoms with Crippen LogP contribution in [0.3, 0.4) is 0 Å². The SMILES string of the molecule is CN(C(=O)NCc1cc2cc(Cl)ccc2[nH]1)C1CCCN(C(=O)CCNC(N)=O)C1. The van der Waals surface area contributed by atoms with E-state index in [0.29, 0.717) is 24.7 Å². The van der Waals surface area contributed by atoms with E-state index in [-0.39, 0.29) is 30.9 Å². The zero-order valence-corrected chi connectivity index (χ0v) is 17.7. The predicted octanol–water partition coefficient (Wildman–Crippen LogP) is 2.01. The first-order valence-corrected chi connectivity index (χ1v) is 10.3. The summed E-state index contributed by atoms with van der Waals surface area (Å²) < 4.78 is 0. The van der Waals surface area contributed by atoms with Crippen LogP contribution in [-0.2, 0) is 11.3 Å². The van der Waals surface area contributed by atoms with Crippen LogP contribution in [0.15, 0.2) is 24.3 Å². The van der Waals surface area contributed by atoms with Crippen molar-refractivity contribution in [3.63, 3.8) is 0 Å². The molecule has 1 aromatic heterocycles. The lowest BCUT2D eigenvalue weighted by Crippen LogP contribution is -2.52. The van der Waals surface area contributed by atoms with Gasteiger partial charge in [0.15, 0.2) is 0 Å². The minimum Gasteiger partial charge on any atom is -0.357 e. The Bertz CT molecular complexity index is 930. The topological polar surface area (TPSA) is 124 Å². The molecule has 1 saturated heterocycles. The molecular weight excluding hydrogens is 408 g/mol. The summed E-state index contributed by atoms with van der Waals surface area (Å²) in [5.41, 5.74) is 6.86. The van der Waals surface area contributed by atoms with Crippen molar-refractivity contribution >= 4 is 40.5 Å². The molecule has 1 unspecified atom stereocenters. The lowest BCUT2D eigenvalue weighted by molar-refractivity contribution is -0.132. The number of piperidine rings is 1. The van der Waals surface area contributed by atoms with Crippen LogP contribution in [0.4, 0.5) is 9.59 Å². The van der Waals surface area contributed by atoms with E-state index in [4.69, 9.17) is 17.3 Å². The van der Waals surface area contributed by atoms with E-state index in [9.17, 15) is 14.4 Å². The van der Waals surface area contributed by atoms with Gasteiger partial charge in [-0.25, -0.2) is 9.59 Å². The molecule has 0 saturated carbocycles. The van der Waals surface area contributed by atoms with Gasteiger partial charge in [0.1, 0.15) is 0 Å². The van der Waals surface area contributed by atoms with Gasteiger partial charge in [-0.05, 0) is 37.1 Å². The maximum Gasteiger partial charge on any atom is 0.317 e. The molecule has 9 nitrogen and oxygen atoms in total. The molecule has 3 rings (SSSR count). The molecule has 1 aliphatic rings. The van der Waals surface area contributed by atoms with Crippen LogP contribution in [0.1, 0.15) is 25.0 Å². The summed E-state index contributed by atoms with van der Waals surface area (Å²) in [4.78, 5) is 42.3. The third-order valence-corrected chi connectivity index (χ3v) is 5.56. The van der Waals surface area contributed by atoms with Crippen LogP contribution >= 0.6 is 11.6 Å². The van der Waals surface area contributed by atoms with Crippen LogP contribution in [-0.4, -0.2) is 65.5 Å². The number of fused-ring (bicyclic) bond motifs is 1. The van der Waals surface area contributed by atoms with Crippen molar-refractivity contribution in [3.05, 3.63) is 35.0 Å². The maximum atomic E-state index is 12.6. The van der Waals surface area contributed by atoms with Gasteiger partial charge in [0.2, 0.25) is 5.91 Å². The Hall–Kier alpha value is -2.94. The first kappa shape index (κ1) is 21.8. The Morgan fingerprint density at radius 3 is 2.87 bits per heavy atom. The van der Waals surface area contributed by atoms with Crippen molar-refractivity contribution < 1.29 is 14.4 Å². The van der Waals surface area contributed by atoms with Crippen molar-refractivity contribution in [2.75, 3.05) is 26.7 Å². The molecule has 0 radical (unpaired) electrons. The van der Waals surface area contributed by atoms with E-state index in [1.807, 2.05) is 24.3 Å². The minimum atomic E-state index is -0.645. The number of likely N-dealkylation sites (tertiary alicyclic amines) is 1. The Morgan fingerprint density at radius 2 is 2.10 bits per heavy atom. The van der Waals surface area contributed by atoms with Crippen LogP contribution in [0.2, 0.25) is 5.02 Å². The molecule has 1 atom stereocenters. The summed E-state index contributed by atoms with van der Waals surface area (Å²) >= 11 is 6.02. The van der Waals surface area contributed by atoms with E-state index in [0.717, 1.165) is 29.4 Å². The number of amides is 5. The number of H-pyrrole nitrogens is 1. The van der Waals surface area contributed by atoms with E-state index < -0.39 is 6.03 Å². The van der Waals surface area contributed by atoms with Gasteiger partial charge in [0, 0.05) is 54.7 Å². The number of hydrogen-bond donors (Lipinski definition) is 4. The summed E-state index contributed by atoms with van der Waals surface area (Å²) in [6.07, 6.45) is 1.84. The normalized spacial score (nSPS) is 16.3. The fourth-order valence-electron chi connectivity index (χ4n) is 3.67. The second-order valence-electron chi connectivity index (χ2n) is 7.47. The average molecular weight is 435 g/mol. The largest absolute Gasteiger partial charge is 0.357 e. The molecule has 0 spiro atoms. The predicted molar refractivity (Wildman–Crippen MR) is 115 cm³/mol. The van der Waals surface area contributed by atoms with E-state index in [1.165, 1.54) is 0 Å².